The second-order valence-corrected chi connectivity index (χ2v) is 4.27. The maximum Gasteiger partial charge on any atom is 0.254 e. The van der Waals surface area contributed by atoms with Gasteiger partial charge in [-0.1, -0.05) is 17.7 Å². The number of aliphatic hydroxyl groups excluding tert-OH is 1. The summed E-state index contributed by atoms with van der Waals surface area (Å²) in [7, 11) is 0. The van der Waals surface area contributed by atoms with Gasteiger partial charge in [-0.25, -0.2) is 0 Å². The first-order valence-corrected chi connectivity index (χ1v) is 5.21. The number of rotatable bonds is 2. The van der Waals surface area contributed by atoms with Crippen molar-refractivity contribution in [3.05, 3.63) is 34.3 Å². The van der Waals surface area contributed by atoms with Crippen molar-refractivity contribution in [2.75, 3.05) is 6.54 Å². The van der Waals surface area contributed by atoms with Gasteiger partial charge in [0.15, 0.2) is 0 Å². The van der Waals surface area contributed by atoms with Gasteiger partial charge in [0, 0.05) is 23.7 Å². The minimum absolute atomic E-state index is 0.0478. The Kier molecular flexibility index (Phi) is 2.67. The molecule has 1 heterocycles. The zero-order chi connectivity index (χ0) is 11.0. The predicted molar refractivity (Wildman–Crippen MR) is 57.9 cm³/mol. The molecule has 15 heavy (non-hydrogen) atoms. The summed E-state index contributed by atoms with van der Waals surface area (Å²) in [6.07, 6.45) is -0.501. The van der Waals surface area contributed by atoms with Crippen LogP contribution in [-0.4, -0.2) is 28.6 Å². The van der Waals surface area contributed by atoms with Gasteiger partial charge in [0.1, 0.15) is 0 Å². The van der Waals surface area contributed by atoms with Gasteiger partial charge in [0.05, 0.1) is 6.10 Å². The van der Waals surface area contributed by atoms with Crippen molar-refractivity contribution in [2.24, 2.45) is 0 Å². The van der Waals surface area contributed by atoms with E-state index in [-0.39, 0.29) is 5.91 Å². The number of fused-ring (bicyclic) bond motifs is 1. The first-order valence-electron chi connectivity index (χ1n) is 4.83. The number of hydrogen-bond donors (Lipinski definition) is 1. The van der Waals surface area contributed by atoms with Crippen LogP contribution in [0.15, 0.2) is 18.2 Å². The lowest BCUT2D eigenvalue weighted by atomic mass is 10.1. The number of carbonyl (C=O) groups excluding carboxylic acids is 1. The molecule has 0 saturated heterocycles. The third kappa shape index (κ3) is 1.98. The Hall–Kier alpha value is -1.06. The molecule has 0 spiro atoms. The molecule has 1 aliphatic rings. The molecule has 1 amide bonds. The summed E-state index contributed by atoms with van der Waals surface area (Å²) in [4.78, 5) is 13.5. The summed E-state index contributed by atoms with van der Waals surface area (Å²) < 4.78 is 0. The number of nitrogens with zero attached hydrogens (tertiary/aromatic N) is 1. The molecule has 1 N–H and O–H groups in total. The van der Waals surface area contributed by atoms with E-state index >= 15 is 0 Å². The Labute approximate surface area is 93.3 Å². The highest BCUT2D eigenvalue weighted by Gasteiger charge is 2.27. The fourth-order valence-electron chi connectivity index (χ4n) is 1.80. The Bertz CT molecular complexity index is 404. The van der Waals surface area contributed by atoms with Crippen LogP contribution in [0.25, 0.3) is 0 Å². The smallest absolute Gasteiger partial charge is 0.254 e. The van der Waals surface area contributed by atoms with Gasteiger partial charge in [-0.3, -0.25) is 4.79 Å². The van der Waals surface area contributed by atoms with E-state index < -0.39 is 6.10 Å². The molecule has 0 radical (unpaired) electrons. The third-order valence-corrected chi connectivity index (χ3v) is 2.67. The molecule has 1 aliphatic heterocycles. The highest BCUT2D eigenvalue weighted by atomic mass is 35.5. The summed E-state index contributed by atoms with van der Waals surface area (Å²) in [6.45, 7) is 2.60. The molecule has 80 valence electrons. The number of β-amino-alcohol motifs (C(OH)–C–C–N with tert-alkyl or cyclic N) is 1. The molecule has 1 aromatic rings. The van der Waals surface area contributed by atoms with Crippen LogP contribution in [0.1, 0.15) is 22.8 Å². The third-order valence-electron chi connectivity index (χ3n) is 2.44. The van der Waals surface area contributed by atoms with Crippen molar-refractivity contribution in [1.82, 2.24) is 4.90 Å². The number of hydrogen-bond acceptors (Lipinski definition) is 2. The fraction of sp³-hybridized carbons (Fsp3) is 0.364. The second kappa shape index (κ2) is 3.83. The average Bonchev–Trinajstić information content (AvgIpc) is 2.44. The predicted octanol–water partition coefficient (Wildman–Crippen LogP) is 1.68. The van der Waals surface area contributed by atoms with Gasteiger partial charge < -0.3 is 10.0 Å². The molecule has 3 nitrogen and oxygen atoms in total. The lowest BCUT2D eigenvalue weighted by Gasteiger charge is -2.16. The first kappa shape index (κ1) is 10.5. The SMILES string of the molecule is CC(O)CN1Cc2ccc(Cl)cc2C1=O. The van der Waals surface area contributed by atoms with E-state index in [0.29, 0.717) is 23.7 Å². The molecule has 0 bridgehead atoms. The average molecular weight is 226 g/mol. The molecule has 4 heteroatoms. The van der Waals surface area contributed by atoms with E-state index in [1.54, 1.807) is 24.0 Å². The lowest BCUT2D eigenvalue weighted by molar-refractivity contribution is 0.0672. The molecule has 0 aliphatic carbocycles. The Morgan fingerprint density at radius 3 is 3.00 bits per heavy atom. The van der Waals surface area contributed by atoms with Crippen LogP contribution in [0.4, 0.5) is 0 Å². The van der Waals surface area contributed by atoms with Gasteiger partial charge >= 0.3 is 0 Å². The van der Waals surface area contributed by atoms with Gasteiger partial charge in [-0.05, 0) is 24.6 Å². The fourth-order valence-corrected chi connectivity index (χ4v) is 1.97. The van der Waals surface area contributed by atoms with Crippen molar-refractivity contribution >= 4 is 17.5 Å². The van der Waals surface area contributed by atoms with Crippen LogP contribution in [0, 0.1) is 0 Å². The summed E-state index contributed by atoms with van der Waals surface area (Å²) in [5, 5.41) is 9.81. The number of halogens is 1. The molecule has 0 aromatic heterocycles. The molecule has 0 saturated carbocycles. The molecule has 0 fully saturated rings. The van der Waals surface area contributed by atoms with Crippen LogP contribution in [-0.2, 0) is 6.54 Å². The van der Waals surface area contributed by atoms with Crippen LogP contribution < -0.4 is 0 Å². The minimum atomic E-state index is -0.501. The van der Waals surface area contributed by atoms with E-state index in [4.69, 9.17) is 11.6 Å². The topological polar surface area (TPSA) is 40.5 Å². The highest BCUT2D eigenvalue weighted by Crippen LogP contribution is 2.25. The van der Waals surface area contributed by atoms with Gasteiger partial charge in [0.25, 0.3) is 5.91 Å². The largest absolute Gasteiger partial charge is 0.392 e. The number of aliphatic hydroxyl groups is 1. The van der Waals surface area contributed by atoms with Crippen LogP contribution in [0.5, 0.6) is 0 Å². The molecule has 2 rings (SSSR count). The van der Waals surface area contributed by atoms with E-state index in [2.05, 4.69) is 0 Å². The van der Waals surface area contributed by atoms with Gasteiger partial charge in [-0.15, -0.1) is 0 Å². The van der Waals surface area contributed by atoms with E-state index in [9.17, 15) is 9.90 Å². The number of carbonyl (C=O) groups is 1. The summed E-state index contributed by atoms with van der Waals surface area (Å²) in [5.74, 6) is -0.0478. The van der Waals surface area contributed by atoms with Crippen LogP contribution in [0.2, 0.25) is 5.02 Å². The normalized spacial score (nSPS) is 16.7. The maximum atomic E-state index is 11.8. The zero-order valence-corrected chi connectivity index (χ0v) is 9.16. The maximum absolute atomic E-state index is 11.8. The van der Waals surface area contributed by atoms with Gasteiger partial charge in [0.2, 0.25) is 0 Å². The summed E-state index contributed by atoms with van der Waals surface area (Å²) in [5.41, 5.74) is 1.63. The quantitative estimate of drug-likeness (QED) is 0.832. The molecule has 1 aromatic carbocycles. The van der Waals surface area contributed by atoms with E-state index in [0.717, 1.165) is 5.56 Å². The minimum Gasteiger partial charge on any atom is -0.392 e. The second-order valence-electron chi connectivity index (χ2n) is 3.84. The zero-order valence-electron chi connectivity index (χ0n) is 8.40. The van der Waals surface area contributed by atoms with Crippen molar-refractivity contribution in [3.63, 3.8) is 0 Å². The van der Waals surface area contributed by atoms with Crippen molar-refractivity contribution in [1.29, 1.82) is 0 Å². The number of benzene rings is 1. The number of amides is 1. The van der Waals surface area contributed by atoms with E-state index in [1.165, 1.54) is 0 Å². The van der Waals surface area contributed by atoms with Crippen molar-refractivity contribution in [3.8, 4) is 0 Å². The highest BCUT2D eigenvalue weighted by molar-refractivity contribution is 6.31. The van der Waals surface area contributed by atoms with Crippen LogP contribution in [0.3, 0.4) is 0 Å². The van der Waals surface area contributed by atoms with Crippen molar-refractivity contribution in [2.45, 2.75) is 19.6 Å². The van der Waals surface area contributed by atoms with Crippen molar-refractivity contribution < 1.29 is 9.90 Å². The Morgan fingerprint density at radius 2 is 2.33 bits per heavy atom. The van der Waals surface area contributed by atoms with Crippen LogP contribution >= 0.6 is 11.6 Å². The van der Waals surface area contributed by atoms with E-state index in [1.807, 2.05) is 6.07 Å². The van der Waals surface area contributed by atoms with Gasteiger partial charge in [-0.2, -0.15) is 0 Å². The lowest BCUT2D eigenvalue weighted by Crippen LogP contribution is -2.31. The standard InChI is InChI=1S/C11H12ClNO2/c1-7(14)5-13-6-8-2-3-9(12)4-10(8)11(13)15/h2-4,7,14H,5-6H2,1H3. The monoisotopic (exact) mass is 225 g/mol. The summed E-state index contributed by atoms with van der Waals surface area (Å²) in [6, 6.07) is 5.32. The molecular formula is C11H12ClNO2. The first-order chi connectivity index (χ1) is 7.08. The summed E-state index contributed by atoms with van der Waals surface area (Å²) >= 11 is 5.82. The Balaban J connectivity index is 2.26. The molecule has 1 atom stereocenters. The molecule has 1 unspecified atom stereocenters. The Morgan fingerprint density at radius 1 is 1.60 bits per heavy atom. The molecular weight excluding hydrogens is 214 g/mol.